The normalized spacial score (nSPS) is 10.8. The van der Waals surface area contributed by atoms with Crippen LogP contribution in [0.4, 0.5) is 0 Å². The van der Waals surface area contributed by atoms with Crippen LogP contribution in [0, 0.1) is 0 Å². The summed E-state index contributed by atoms with van der Waals surface area (Å²) in [6, 6.07) is 0. The summed E-state index contributed by atoms with van der Waals surface area (Å²) in [6.07, 6.45) is 10.3. The van der Waals surface area contributed by atoms with E-state index >= 15 is 0 Å². The number of nitrogens with one attached hydrogen (secondary N) is 1. The number of hydrogen-bond acceptors (Lipinski definition) is 3. The molecular weight excluding hydrogens is 206 g/mol. The second-order valence-corrected chi connectivity index (χ2v) is 4.35. The lowest BCUT2D eigenvalue weighted by Crippen LogP contribution is -1.89. The van der Waals surface area contributed by atoms with Crippen molar-refractivity contribution in [3.63, 3.8) is 0 Å². The molecule has 1 N–H and O–H groups in total. The monoisotopic (exact) mass is 227 g/mol. The summed E-state index contributed by atoms with van der Waals surface area (Å²) in [5, 5.41) is 7.31. The van der Waals surface area contributed by atoms with Crippen LogP contribution in [0.25, 0.3) is 0 Å². The van der Waals surface area contributed by atoms with E-state index in [1.807, 2.05) is 0 Å². The minimum Gasteiger partial charge on any atom is -0.262 e. The third-order valence-corrected chi connectivity index (χ3v) is 2.74. The Hall–Kier alpha value is -0.510. The Labute approximate surface area is 97.5 Å². The van der Waals surface area contributed by atoms with E-state index in [0.717, 1.165) is 12.2 Å². The first-order valence-electron chi connectivity index (χ1n) is 5.93. The van der Waals surface area contributed by atoms with Gasteiger partial charge in [-0.1, -0.05) is 45.4 Å². The second-order valence-electron chi connectivity index (χ2n) is 3.95. The van der Waals surface area contributed by atoms with Gasteiger partial charge in [-0.25, -0.2) is 4.98 Å². The highest BCUT2D eigenvalue weighted by atomic mass is 32.1. The van der Waals surface area contributed by atoms with Gasteiger partial charge in [-0.05, 0) is 6.42 Å². The fraction of sp³-hybridized carbons (Fsp3) is 0.818. The molecule has 0 aliphatic heterocycles. The molecule has 0 aromatic carbocycles. The zero-order chi connectivity index (χ0) is 10.9. The van der Waals surface area contributed by atoms with Gasteiger partial charge in [-0.2, -0.15) is 0 Å². The third-order valence-electron chi connectivity index (χ3n) is 2.54. The molecule has 1 aromatic heterocycles. The van der Waals surface area contributed by atoms with Gasteiger partial charge in [0.05, 0.1) is 0 Å². The lowest BCUT2D eigenvalue weighted by Gasteiger charge is -1.99. The molecule has 1 aromatic rings. The van der Waals surface area contributed by atoms with Crippen molar-refractivity contribution < 1.29 is 0 Å². The summed E-state index contributed by atoms with van der Waals surface area (Å²) < 4.78 is 0. The van der Waals surface area contributed by atoms with Crippen LogP contribution in [0.3, 0.4) is 0 Å². The van der Waals surface area contributed by atoms with E-state index in [2.05, 4.69) is 34.7 Å². The van der Waals surface area contributed by atoms with E-state index in [-0.39, 0.29) is 0 Å². The van der Waals surface area contributed by atoms with Crippen LogP contribution in [-0.4, -0.2) is 15.2 Å². The Morgan fingerprint density at radius 3 is 2.33 bits per heavy atom. The average molecular weight is 227 g/mol. The SMILES string of the molecule is CCCCCCCCCc1nc(S)n[nH]1. The molecule has 0 amide bonds. The van der Waals surface area contributed by atoms with E-state index in [1.165, 1.54) is 44.9 Å². The highest BCUT2D eigenvalue weighted by Crippen LogP contribution is 2.09. The Bertz CT molecular complexity index is 260. The molecule has 86 valence electrons. The van der Waals surface area contributed by atoms with E-state index < -0.39 is 0 Å². The largest absolute Gasteiger partial charge is 0.262 e. The molecule has 0 unspecified atom stereocenters. The smallest absolute Gasteiger partial charge is 0.205 e. The van der Waals surface area contributed by atoms with Crippen LogP contribution in [0.15, 0.2) is 5.16 Å². The maximum absolute atomic E-state index is 4.16. The molecule has 0 saturated heterocycles. The van der Waals surface area contributed by atoms with Crippen molar-refractivity contribution in [3.8, 4) is 0 Å². The standard InChI is InChI=1S/C11H21N3S/c1-2-3-4-5-6-7-8-9-10-12-11(15)14-13-10/h2-9H2,1H3,(H2,12,13,14,15). The summed E-state index contributed by atoms with van der Waals surface area (Å²) in [4.78, 5) is 4.16. The van der Waals surface area contributed by atoms with E-state index in [9.17, 15) is 0 Å². The lowest BCUT2D eigenvalue weighted by molar-refractivity contribution is 0.584. The van der Waals surface area contributed by atoms with Crippen LogP contribution in [0.2, 0.25) is 0 Å². The number of H-pyrrole nitrogens is 1. The minimum atomic E-state index is 0.549. The second kappa shape index (κ2) is 7.74. The molecule has 0 spiro atoms. The zero-order valence-corrected chi connectivity index (χ0v) is 10.4. The number of hydrogen-bond donors (Lipinski definition) is 2. The Morgan fingerprint density at radius 2 is 1.73 bits per heavy atom. The number of unbranched alkanes of at least 4 members (excludes halogenated alkanes) is 6. The Balaban J connectivity index is 1.93. The molecule has 1 heterocycles. The first kappa shape index (κ1) is 12.6. The number of aromatic amines is 1. The van der Waals surface area contributed by atoms with Crippen molar-refractivity contribution >= 4 is 12.6 Å². The number of aromatic nitrogens is 3. The van der Waals surface area contributed by atoms with Gasteiger partial charge in [0.25, 0.3) is 0 Å². The first-order chi connectivity index (χ1) is 7.33. The summed E-state index contributed by atoms with van der Waals surface area (Å²) in [7, 11) is 0. The molecule has 0 saturated carbocycles. The molecule has 4 heteroatoms. The van der Waals surface area contributed by atoms with Gasteiger partial charge in [0.15, 0.2) is 0 Å². The predicted molar refractivity (Wildman–Crippen MR) is 65.3 cm³/mol. The molecule has 0 fully saturated rings. The first-order valence-corrected chi connectivity index (χ1v) is 6.38. The third kappa shape index (κ3) is 5.82. The maximum Gasteiger partial charge on any atom is 0.205 e. The fourth-order valence-electron chi connectivity index (χ4n) is 1.65. The van der Waals surface area contributed by atoms with Crippen molar-refractivity contribution in [1.29, 1.82) is 0 Å². The average Bonchev–Trinajstić information content (AvgIpc) is 2.63. The fourth-order valence-corrected chi connectivity index (χ4v) is 1.82. The molecule has 15 heavy (non-hydrogen) atoms. The maximum atomic E-state index is 4.16. The molecule has 0 bridgehead atoms. The molecule has 1 rings (SSSR count). The van der Waals surface area contributed by atoms with Crippen LogP contribution < -0.4 is 0 Å². The van der Waals surface area contributed by atoms with Gasteiger partial charge >= 0.3 is 0 Å². The topological polar surface area (TPSA) is 41.6 Å². The van der Waals surface area contributed by atoms with Crippen molar-refractivity contribution in [2.45, 2.75) is 63.4 Å². The Kier molecular flexibility index (Phi) is 6.48. The molecule has 3 nitrogen and oxygen atoms in total. The van der Waals surface area contributed by atoms with Crippen LogP contribution in [-0.2, 0) is 6.42 Å². The highest BCUT2D eigenvalue weighted by molar-refractivity contribution is 7.80. The summed E-state index contributed by atoms with van der Waals surface area (Å²) in [5.74, 6) is 0.966. The summed E-state index contributed by atoms with van der Waals surface area (Å²) >= 11 is 4.05. The van der Waals surface area contributed by atoms with Crippen molar-refractivity contribution in [3.05, 3.63) is 5.82 Å². The van der Waals surface area contributed by atoms with Gasteiger partial charge in [-0.3, -0.25) is 5.10 Å². The molecule has 0 radical (unpaired) electrons. The minimum absolute atomic E-state index is 0.549. The van der Waals surface area contributed by atoms with Crippen molar-refractivity contribution in [1.82, 2.24) is 15.2 Å². The lowest BCUT2D eigenvalue weighted by atomic mass is 10.1. The summed E-state index contributed by atoms with van der Waals surface area (Å²) in [5.41, 5.74) is 0. The van der Waals surface area contributed by atoms with Crippen molar-refractivity contribution in [2.24, 2.45) is 0 Å². The van der Waals surface area contributed by atoms with E-state index in [0.29, 0.717) is 5.16 Å². The van der Waals surface area contributed by atoms with Crippen LogP contribution in [0.1, 0.15) is 57.7 Å². The van der Waals surface area contributed by atoms with Gasteiger partial charge in [0, 0.05) is 6.42 Å². The molecule has 0 aliphatic carbocycles. The number of rotatable bonds is 8. The molecular formula is C11H21N3S. The van der Waals surface area contributed by atoms with Crippen LogP contribution >= 0.6 is 12.6 Å². The van der Waals surface area contributed by atoms with Crippen LogP contribution in [0.5, 0.6) is 0 Å². The Morgan fingerprint density at radius 1 is 1.07 bits per heavy atom. The van der Waals surface area contributed by atoms with E-state index in [4.69, 9.17) is 0 Å². The zero-order valence-electron chi connectivity index (χ0n) is 9.50. The van der Waals surface area contributed by atoms with Gasteiger partial charge in [-0.15, -0.1) is 17.7 Å². The molecule has 0 aliphatic rings. The van der Waals surface area contributed by atoms with Gasteiger partial charge < -0.3 is 0 Å². The van der Waals surface area contributed by atoms with E-state index in [1.54, 1.807) is 0 Å². The van der Waals surface area contributed by atoms with Gasteiger partial charge in [0.2, 0.25) is 5.16 Å². The number of thiol groups is 1. The predicted octanol–water partition coefficient (Wildman–Crippen LogP) is 3.39. The van der Waals surface area contributed by atoms with Crippen molar-refractivity contribution in [2.75, 3.05) is 0 Å². The number of nitrogens with zero attached hydrogens (tertiary/aromatic N) is 2. The summed E-state index contributed by atoms with van der Waals surface area (Å²) in [6.45, 7) is 2.25. The number of aryl methyl sites for hydroxylation is 1. The quantitative estimate of drug-likeness (QED) is 0.528. The molecule has 0 atom stereocenters. The van der Waals surface area contributed by atoms with Gasteiger partial charge in [0.1, 0.15) is 5.82 Å². The highest BCUT2D eigenvalue weighted by Gasteiger charge is 1.98.